The lowest BCUT2D eigenvalue weighted by Crippen LogP contribution is -2.47. The van der Waals surface area contributed by atoms with E-state index >= 15 is 0 Å². The highest BCUT2D eigenvalue weighted by atomic mass is 16.2. The minimum Gasteiger partial charge on any atom is -0.316 e. The molecule has 3 heteroatoms. The Morgan fingerprint density at radius 3 is 2.79 bits per heavy atom. The van der Waals surface area contributed by atoms with Crippen LogP contribution in [-0.4, -0.2) is 22.9 Å². The monoisotopic (exact) mass is 256 g/mol. The standard InChI is InChI=1S/C16H20N2O/c19-15-10-11-16(12-6-2-1-3-7-12)17-13-8-4-5-9-14(13)18(15)16/h1-3,6-7,13-14,17H,4-5,8-11H2/t13-,14+,16+/m1/s1. The largest absolute Gasteiger partial charge is 0.316 e. The van der Waals surface area contributed by atoms with Gasteiger partial charge >= 0.3 is 0 Å². The predicted octanol–water partition coefficient (Wildman–Crippen LogP) is 2.38. The molecule has 1 aromatic rings. The summed E-state index contributed by atoms with van der Waals surface area (Å²) in [5, 5.41) is 3.82. The van der Waals surface area contributed by atoms with Crippen molar-refractivity contribution in [2.45, 2.75) is 56.3 Å². The van der Waals surface area contributed by atoms with Gasteiger partial charge < -0.3 is 4.90 Å². The van der Waals surface area contributed by atoms with Crippen LogP contribution < -0.4 is 5.32 Å². The molecule has 2 aliphatic heterocycles. The molecule has 0 spiro atoms. The Morgan fingerprint density at radius 1 is 1.16 bits per heavy atom. The molecule has 2 heterocycles. The van der Waals surface area contributed by atoms with Crippen LogP contribution >= 0.6 is 0 Å². The zero-order valence-electron chi connectivity index (χ0n) is 11.1. The number of nitrogens with one attached hydrogen (secondary N) is 1. The molecule has 3 atom stereocenters. The van der Waals surface area contributed by atoms with Gasteiger partial charge in [0.15, 0.2) is 0 Å². The first-order valence-electron chi connectivity index (χ1n) is 7.47. The fourth-order valence-electron chi connectivity index (χ4n) is 4.33. The average molecular weight is 256 g/mol. The van der Waals surface area contributed by atoms with Gasteiger partial charge in [0.1, 0.15) is 5.66 Å². The SMILES string of the molecule is O=C1CC[C@]2(c3ccccc3)N[C@@H]3CCCC[C@@H]3N12. The molecule has 4 rings (SSSR count). The summed E-state index contributed by atoms with van der Waals surface area (Å²) in [5.74, 6) is 0.339. The van der Waals surface area contributed by atoms with E-state index in [0.717, 1.165) is 12.8 Å². The van der Waals surface area contributed by atoms with E-state index in [4.69, 9.17) is 0 Å². The molecule has 1 amide bonds. The third-order valence-electron chi connectivity index (χ3n) is 5.12. The molecule has 0 radical (unpaired) electrons. The van der Waals surface area contributed by atoms with Crippen LogP contribution in [0.2, 0.25) is 0 Å². The minimum atomic E-state index is -0.210. The molecular weight excluding hydrogens is 236 g/mol. The first-order chi connectivity index (χ1) is 9.31. The summed E-state index contributed by atoms with van der Waals surface area (Å²) in [6.07, 6.45) is 6.54. The Balaban J connectivity index is 1.80. The molecule has 3 fully saturated rings. The summed E-state index contributed by atoms with van der Waals surface area (Å²) in [6, 6.07) is 11.4. The van der Waals surface area contributed by atoms with Crippen LogP contribution in [-0.2, 0) is 10.5 Å². The number of amides is 1. The maximum Gasteiger partial charge on any atom is 0.224 e. The van der Waals surface area contributed by atoms with Gasteiger partial charge in [0.2, 0.25) is 5.91 Å². The van der Waals surface area contributed by atoms with Crippen molar-refractivity contribution in [1.29, 1.82) is 0 Å². The van der Waals surface area contributed by atoms with E-state index in [1.54, 1.807) is 0 Å². The van der Waals surface area contributed by atoms with Gasteiger partial charge in [-0.15, -0.1) is 0 Å². The number of carbonyl (C=O) groups is 1. The summed E-state index contributed by atoms with van der Waals surface area (Å²) in [7, 11) is 0. The molecule has 1 saturated carbocycles. The number of carbonyl (C=O) groups excluding carboxylic acids is 1. The first-order valence-corrected chi connectivity index (χ1v) is 7.47. The van der Waals surface area contributed by atoms with Crippen molar-refractivity contribution in [1.82, 2.24) is 10.2 Å². The van der Waals surface area contributed by atoms with Crippen molar-refractivity contribution in [3.63, 3.8) is 0 Å². The lowest BCUT2D eigenvalue weighted by molar-refractivity contribution is -0.132. The summed E-state index contributed by atoms with van der Waals surface area (Å²) in [6.45, 7) is 0. The summed E-state index contributed by atoms with van der Waals surface area (Å²) in [4.78, 5) is 14.6. The molecule has 1 N–H and O–H groups in total. The predicted molar refractivity (Wildman–Crippen MR) is 73.4 cm³/mol. The van der Waals surface area contributed by atoms with Crippen molar-refractivity contribution in [3.05, 3.63) is 35.9 Å². The quantitative estimate of drug-likeness (QED) is 0.836. The van der Waals surface area contributed by atoms with Crippen LogP contribution in [0, 0.1) is 0 Å². The lowest BCUT2D eigenvalue weighted by Gasteiger charge is -2.35. The highest BCUT2D eigenvalue weighted by molar-refractivity contribution is 5.81. The molecule has 2 saturated heterocycles. The van der Waals surface area contributed by atoms with Gasteiger partial charge in [-0.1, -0.05) is 43.2 Å². The minimum absolute atomic E-state index is 0.210. The molecule has 19 heavy (non-hydrogen) atoms. The van der Waals surface area contributed by atoms with Gasteiger partial charge in [0.25, 0.3) is 0 Å². The average Bonchev–Trinajstić information content (AvgIpc) is 2.96. The zero-order chi connectivity index (χ0) is 12.9. The first kappa shape index (κ1) is 11.5. The van der Waals surface area contributed by atoms with Crippen LogP contribution in [0.1, 0.15) is 44.1 Å². The van der Waals surface area contributed by atoms with Crippen molar-refractivity contribution >= 4 is 5.91 Å². The molecule has 1 aromatic carbocycles. The summed E-state index contributed by atoms with van der Waals surface area (Å²) in [5.41, 5.74) is 1.05. The van der Waals surface area contributed by atoms with E-state index in [2.05, 4.69) is 34.5 Å². The van der Waals surface area contributed by atoms with E-state index in [1.165, 1.54) is 24.8 Å². The third kappa shape index (κ3) is 1.51. The maximum atomic E-state index is 12.4. The Kier molecular flexibility index (Phi) is 2.46. The van der Waals surface area contributed by atoms with Crippen LogP contribution in [0.5, 0.6) is 0 Å². The number of hydrogen-bond donors (Lipinski definition) is 1. The van der Waals surface area contributed by atoms with E-state index < -0.39 is 0 Å². The van der Waals surface area contributed by atoms with Gasteiger partial charge in [-0.25, -0.2) is 0 Å². The van der Waals surface area contributed by atoms with Gasteiger partial charge in [-0.2, -0.15) is 0 Å². The van der Waals surface area contributed by atoms with Crippen LogP contribution in [0.4, 0.5) is 0 Å². The van der Waals surface area contributed by atoms with Gasteiger partial charge in [-0.05, 0) is 24.8 Å². The van der Waals surface area contributed by atoms with E-state index in [1.807, 2.05) is 6.07 Å². The molecule has 100 valence electrons. The zero-order valence-corrected chi connectivity index (χ0v) is 11.1. The Labute approximate surface area is 114 Å². The second kappa shape index (κ2) is 4.07. The van der Waals surface area contributed by atoms with Crippen molar-refractivity contribution in [2.24, 2.45) is 0 Å². The van der Waals surface area contributed by atoms with E-state index in [0.29, 0.717) is 24.4 Å². The van der Waals surface area contributed by atoms with Crippen molar-refractivity contribution in [3.8, 4) is 0 Å². The topological polar surface area (TPSA) is 32.3 Å². The highest BCUT2D eigenvalue weighted by Gasteiger charge is 2.57. The molecule has 1 aliphatic carbocycles. The summed E-state index contributed by atoms with van der Waals surface area (Å²) >= 11 is 0. The van der Waals surface area contributed by atoms with E-state index in [9.17, 15) is 4.79 Å². The van der Waals surface area contributed by atoms with E-state index in [-0.39, 0.29) is 5.66 Å². The molecule has 0 bridgehead atoms. The third-order valence-corrected chi connectivity index (χ3v) is 5.12. The van der Waals surface area contributed by atoms with Gasteiger partial charge in [0, 0.05) is 18.5 Å². The second-order valence-electron chi connectivity index (χ2n) is 6.09. The normalized spacial score (nSPS) is 37.3. The molecular formula is C16H20N2O. The molecule has 3 aliphatic rings. The number of hydrogen-bond acceptors (Lipinski definition) is 2. The smallest absolute Gasteiger partial charge is 0.224 e. The Bertz CT molecular complexity index is 501. The molecule has 3 nitrogen and oxygen atoms in total. The van der Waals surface area contributed by atoms with Gasteiger partial charge in [-0.3, -0.25) is 10.1 Å². The van der Waals surface area contributed by atoms with Crippen molar-refractivity contribution in [2.75, 3.05) is 0 Å². The maximum absolute atomic E-state index is 12.4. The number of rotatable bonds is 1. The Morgan fingerprint density at radius 2 is 1.95 bits per heavy atom. The number of benzene rings is 1. The van der Waals surface area contributed by atoms with Gasteiger partial charge in [0.05, 0.1) is 0 Å². The van der Waals surface area contributed by atoms with Crippen LogP contribution in [0.15, 0.2) is 30.3 Å². The highest BCUT2D eigenvalue weighted by Crippen LogP contribution is 2.47. The fourth-order valence-corrected chi connectivity index (χ4v) is 4.33. The van der Waals surface area contributed by atoms with Crippen LogP contribution in [0.25, 0.3) is 0 Å². The number of nitrogens with zero attached hydrogens (tertiary/aromatic N) is 1. The lowest BCUT2D eigenvalue weighted by atomic mass is 9.91. The Hall–Kier alpha value is -1.35. The fraction of sp³-hybridized carbons (Fsp3) is 0.562. The molecule has 0 aromatic heterocycles. The number of fused-ring (bicyclic) bond motifs is 3. The molecule has 0 unspecified atom stereocenters. The summed E-state index contributed by atoms with van der Waals surface area (Å²) < 4.78 is 0. The second-order valence-corrected chi connectivity index (χ2v) is 6.09. The van der Waals surface area contributed by atoms with Crippen LogP contribution in [0.3, 0.4) is 0 Å². The van der Waals surface area contributed by atoms with Crippen molar-refractivity contribution < 1.29 is 4.79 Å².